The van der Waals surface area contributed by atoms with E-state index in [4.69, 9.17) is 0 Å². The molecule has 0 saturated carbocycles. The van der Waals surface area contributed by atoms with Crippen LogP contribution in [0, 0.1) is 0 Å². The van der Waals surface area contributed by atoms with Crippen LogP contribution in [0.1, 0.15) is 33.1 Å². The summed E-state index contributed by atoms with van der Waals surface area (Å²) in [6.45, 7) is 4.62. The molecule has 8 heavy (non-hydrogen) atoms. The average molecular weight is 130 g/mol. The van der Waals surface area contributed by atoms with Crippen molar-refractivity contribution < 1.29 is 0 Å². The number of hydrogen-bond acceptors (Lipinski definition) is 1. The zero-order valence-electron chi connectivity index (χ0n) is 5.68. The molecule has 0 amide bonds. The SMILES string of the molecule is CC[C@@H]1CC[C@H](C)S1. The maximum absolute atomic E-state index is 2.33. The van der Waals surface area contributed by atoms with Gasteiger partial charge in [-0.25, -0.2) is 0 Å². The fourth-order valence-electron chi connectivity index (χ4n) is 1.19. The van der Waals surface area contributed by atoms with E-state index < -0.39 is 0 Å². The summed E-state index contributed by atoms with van der Waals surface area (Å²) in [4.78, 5) is 0. The molecule has 0 aliphatic carbocycles. The van der Waals surface area contributed by atoms with Crippen LogP contribution in [0.4, 0.5) is 0 Å². The molecule has 1 fully saturated rings. The Hall–Kier alpha value is 0.350. The van der Waals surface area contributed by atoms with E-state index in [9.17, 15) is 0 Å². The van der Waals surface area contributed by atoms with Crippen LogP contribution in [0.2, 0.25) is 0 Å². The molecule has 1 heteroatoms. The smallest absolute Gasteiger partial charge is 0.00475 e. The van der Waals surface area contributed by atoms with Crippen molar-refractivity contribution in [1.82, 2.24) is 0 Å². The third-order valence-corrected chi connectivity index (χ3v) is 3.43. The Morgan fingerprint density at radius 3 is 2.50 bits per heavy atom. The second-order valence-electron chi connectivity index (χ2n) is 2.55. The fourth-order valence-corrected chi connectivity index (χ4v) is 2.58. The van der Waals surface area contributed by atoms with Crippen molar-refractivity contribution in [3.8, 4) is 0 Å². The first kappa shape index (κ1) is 6.47. The van der Waals surface area contributed by atoms with Gasteiger partial charge in [-0.15, -0.1) is 0 Å². The van der Waals surface area contributed by atoms with Crippen LogP contribution in [-0.2, 0) is 0 Å². The van der Waals surface area contributed by atoms with E-state index in [-0.39, 0.29) is 0 Å². The molecule has 0 bridgehead atoms. The molecule has 0 unspecified atom stereocenters. The van der Waals surface area contributed by atoms with Crippen LogP contribution in [0.5, 0.6) is 0 Å². The molecule has 0 radical (unpaired) electrons. The highest BCUT2D eigenvalue weighted by Crippen LogP contribution is 2.34. The second-order valence-corrected chi connectivity index (χ2v) is 4.30. The van der Waals surface area contributed by atoms with E-state index in [0.717, 1.165) is 10.5 Å². The number of thioether (sulfide) groups is 1. The molecule has 1 saturated heterocycles. The van der Waals surface area contributed by atoms with Crippen LogP contribution in [0.3, 0.4) is 0 Å². The third kappa shape index (κ3) is 1.41. The van der Waals surface area contributed by atoms with Gasteiger partial charge in [0, 0.05) is 10.5 Å². The molecule has 1 aliphatic rings. The quantitative estimate of drug-likeness (QED) is 0.526. The van der Waals surface area contributed by atoms with E-state index in [1.54, 1.807) is 0 Å². The summed E-state index contributed by atoms with van der Waals surface area (Å²) in [7, 11) is 0. The maximum Gasteiger partial charge on any atom is 0.00475 e. The van der Waals surface area contributed by atoms with E-state index in [0.29, 0.717) is 0 Å². The van der Waals surface area contributed by atoms with Crippen LogP contribution >= 0.6 is 11.8 Å². The lowest BCUT2D eigenvalue weighted by Crippen LogP contribution is -1.91. The Balaban J connectivity index is 2.22. The highest BCUT2D eigenvalue weighted by atomic mass is 32.2. The minimum atomic E-state index is 0.944. The molecular weight excluding hydrogens is 116 g/mol. The third-order valence-electron chi connectivity index (χ3n) is 1.78. The zero-order chi connectivity index (χ0) is 5.98. The van der Waals surface area contributed by atoms with Gasteiger partial charge in [0.25, 0.3) is 0 Å². The average Bonchev–Trinajstić information content (AvgIpc) is 2.14. The van der Waals surface area contributed by atoms with Gasteiger partial charge < -0.3 is 0 Å². The van der Waals surface area contributed by atoms with Gasteiger partial charge in [-0.2, -0.15) is 11.8 Å². The van der Waals surface area contributed by atoms with Gasteiger partial charge >= 0.3 is 0 Å². The van der Waals surface area contributed by atoms with Crippen molar-refractivity contribution in [2.45, 2.75) is 43.6 Å². The fraction of sp³-hybridized carbons (Fsp3) is 1.00. The predicted molar refractivity (Wildman–Crippen MR) is 40.4 cm³/mol. The topological polar surface area (TPSA) is 0 Å². The molecule has 1 heterocycles. The minimum absolute atomic E-state index is 0.944. The van der Waals surface area contributed by atoms with E-state index in [1.807, 2.05) is 0 Å². The predicted octanol–water partition coefficient (Wildman–Crippen LogP) is 2.68. The van der Waals surface area contributed by atoms with E-state index in [2.05, 4.69) is 25.6 Å². The van der Waals surface area contributed by atoms with Crippen molar-refractivity contribution in [3.63, 3.8) is 0 Å². The summed E-state index contributed by atoms with van der Waals surface area (Å²) in [6.07, 6.45) is 4.28. The first-order valence-electron chi connectivity index (χ1n) is 3.48. The summed E-state index contributed by atoms with van der Waals surface area (Å²) in [5, 5.41) is 1.94. The van der Waals surface area contributed by atoms with Gasteiger partial charge in [0.2, 0.25) is 0 Å². The molecule has 0 aromatic carbocycles. The summed E-state index contributed by atoms with van der Waals surface area (Å²) < 4.78 is 0. The largest absolute Gasteiger partial charge is 0.155 e. The number of rotatable bonds is 1. The molecule has 48 valence electrons. The van der Waals surface area contributed by atoms with Crippen molar-refractivity contribution in [2.24, 2.45) is 0 Å². The Morgan fingerprint density at radius 1 is 1.50 bits per heavy atom. The molecule has 0 aromatic rings. The highest BCUT2D eigenvalue weighted by Gasteiger charge is 2.19. The van der Waals surface area contributed by atoms with Gasteiger partial charge in [-0.05, 0) is 19.3 Å². The lowest BCUT2D eigenvalue weighted by molar-refractivity contribution is 0.727. The van der Waals surface area contributed by atoms with Gasteiger partial charge in [0.1, 0.15) is 0 Å². The highest BCUT2D eigenvalue weighted by molar-refractivity contribution is 8.00. The van der Waals surface area contributed by atoms with Crippen molar-refractivity contribution in [1.29, 1.82) is 0 Å². The summed E-state index contributed by atoms with van der Waals surface area (Å²) >= 11 is 2.17. The Bertz CT molecular complexity index is 70.8. The summed E-state index contributed by atoms with van der Waals surface area (Å²) in [5.74, 6) is 0. The monoisotopic (exact) mass is 130 g/mol. The Kier molecular flexibility index (Phi) is 2.24. The molecule has 2 atom stereocenters. The standard InChI is InChI=1S/C7H14S/c1-3-7-5-4-6(2)8-7/h6-7H,3-5H2,1-2H3/t6-,7+/m0/s1. The normalized spacial score (nSPS) is 38.2. The maximum atomic E-state index is 2.33. The molecule has 1 aliphatic heterocycles. The Morgan fingerprint density at radius 2 is 2.25 bits per heavy atom. The van der Waals surface area contributed by atoms with Gasteiger partial charge in [-0.1, -0.05) is 13.8 Å². The van der Waals surface area contributed by atoms with Gasteiger partial charge in [-0.3, -0.25) is 0 Å². The van der Waals surface area contributed by atoms with Crippen molar-refractivity contribution in [2.75, 3.05) is 0 Å². The lowest BCUT2D eigenvalue weighted by Gasteiger charge is -2.02. The van der Waals surface area contributed by atoms with Crippen LogP contribution in [0.25, 0.3) is 0 Å². The molecule has 0 aromatic heterocycles. The summed E-state index contributed by atoms with van der Waals surface area (Å²) in [5.41, 5.74) is 0. The van der Waals surface area contributed by atoms with Crippen molar-refractivity contribution >= 4 is 11.8 Å². The van der Waals surface area contributed by atoms with Crippen molar-refractivity contribution in [3.05, 3.63) is 0 Å². The summed E-state index contributed by atoms with van der Waals surface area (Å²) in [6, 6.07) is 0. The van der Waals surface area contributed by atoms with Gasteiger partial charge in [0.15, 0.2) is 0 Å². The molecule has 0 nitrogen and oxygen atoms in total. The second kappa shape index (κ2) is 2.77. The first-order chi connectivity index (χ1) is 3.83. The lowest BCUT2D eigenvalue weighted by atomic mass is 10.2. The van der Waals surface area contributed by atoms with E-state index in [1.165, 1.54) is 19.3 Å². The zero-order valence-corrected chi connectivity index (χ0v) is 6.50. The first-order valence-corrected chi connectivity index (χ1v) is 4.42. The van der Waals surface area contributed by atoms with Crippen LogP contribution < -0.4 is 0 Å². The minimum Gasteiger partial charge on any atom is -0.155 e. The molecule has 0 N–H and O–H groups in total. The molecule has 1 rings (SSSR count). The van der Waals surface area contributed by atoms with Crippen LogP contribution in [0.15, 0.2) is 0 Å². The van der Waals surface area contributed by atoms with E-state index >= 15 is 0 Å². The molecular formula is C7H14S. The van der Waals surface area contributed by atoms with Gasteiger partial charge in [0.05, 0.1) is 0 Å². The van der Waals surface area contributed by atoms with Crippen LogP contribution in [-0.4, -0.2) is 10.5 Å². The molecule has 0 spiro atoms. The number of hydrogen-bond donors (Lipinski definition) is 0. The Labute approximate surface area is 56.0 Å².